The molecule has 7 heteroatoms. The average molecular weight is 431 g/mol. The third kappa shape index (κ3) is 5.62. The zero-order valence-electron chi connectivity index (χ0n) is 18.4. The number of aromatic nitrogens is 1. The molecule has 0 radical (unpaired) electrons. The smallest absolute Gasteiger partial charge is 0.266 e. The van der Waals surface area contributed by atoms with Gasteiger partial charge in [0.05, 0.1) is 6.61 Å². The lowest BCUT2D eigenvalue weighted by molar-refractivity contribution is -0.121. The Morgan fingerprint density at radius 3 is 2.56 bits per heavy atom. The van der Waals surface area contributed by atoms with E-state index < -0.39 is 5.91 Å². The Labute approximate surface area is 187 Å². The number of hydrogen-bond acceptors (Lipinski definition) is 4. The highest BCUT2D eigenvalue weighted by Gasteiger charge is 2.14. The molecule has 3 rings (SSSR count). The first kappa shape index (κ1) is 22.8. The molecule has 3 aromatic rings. The number of fused-ring (bicyclic) bond motifs is 1. The van der Waals surface area contributed by atoms with Crippen molar-refractivity contribution in [1.82, 2.24) is 9.88 Å². The van der Waals surface area contributed by atoms with E-state index in [0.29, 0.717) is 24.4 Å². The molecule has 0 spiro atoms. The van der Waals surface area contributed by atoms with E-state index in [1.54, 1.807) is 23.9 Å². The van der Waals surface area contributed by atoms with Gasteiger partial charge < -0.3 is 19.9 Å². The van der Waals surface area contributed by atoms with Gasteiger partial charge >= 0.3 is 0 Å². The predicted octanol–water partition coefficient (Wildman–Crippen LogP) is 3.57. The fourth-order valence-corrected chi connectivity index (χ4v) is 3.57. The maximum Gasteiger partial charge on any atom is 0.266 e. The molecular formula is C25H26N4O3. The monoisotopic (exact) mass is 430 g/mol. The molecule has 1 heterocycles. The Kier molecular flexibility index (Phi) is 7.42. The van der Waals surface area contributed by atoms with Gasteiger partial charge in [0.25, 0.3) is 5.91 Å². The molecule has 1 aromatic heterocycles. The van der Waals surface area contributed by atoms with Crippen LogP contribution in [0, 0.1) is 25.2 Å². The minimum Gasteiger partial charge on any atom is -0.383 e. The SMILES string of the molecule is COCCNC(=O)Cn1cc(/C=C(\C#N)C(=O)Nc2cc(C)cc(C)c2)c2ccccc21. The highest BCUT2D eigenvalue weighted by Crippen LogP contribution is 2.24. The molecule has 0 aliphatic carbocycles. The number of amides is 2. The summed E-state index contributed by atoms with van der Waals surface area (Å²) in [7, 11) is 1.58. The van der Waals surface area contributed by atoms with Crippen LogP contribution in [0.15, 0.2) is 54.2 Å². The van der Waals surface area contributed by atoms with E-state index in [-0.39, 0.29) is 18.0 Å². The molecule has 0 aliphatic heterocycles. The third-order valence-corrected chi connectivity index (χ3v) is 4.91. The largest absolute Gasteiger partial charge is 0.383 e. The zero-order valence-corrected chi connectivity index (χ0v) is 18.4. The van der Waals surface area contributed by atoms with Gasteiger partial charge in [0.2, 0.25) is 5.91 Å². The number of nitriles is 1. The van der Waals surface area contributed by atoms with Crippen LogP contribution >= 0.6 is 0 Å². The summed E-state index contributed by atoms with van der Waals surface area (Å²) in [6.45, 7) is 4.88. The first-order chi connectivity index (χ1) is 15.4. The molecule has 0 fully saturated rings. The Hall–Kier alpha value is -3.89. The molecule has 0 aliphatic rings. The number of benzene rings is 2. The molecule has 2 aromatic carbocycles. The lowest BCUT2D eigenvalue weighted by Gasteiger charge is -2.07. The molecule has 0 atom stereocenters. The lowest BCUT2D eigenvalue weighted by Crippen LogP contribution is -2.30. The second-order valence-corrected chi connectivity index (χ2v) is 7.57. The topological polar surface area (TPSA) is 96.2 Å². The van der Waals surface area contributed by atoms with Gasteiger partial charge in [-0.1, -0.05) is 24.3 Å². The van der Waals surface area contributed by atoms with Gasteiger partial charge in [0, 0.05) is 42.0 Å². The van der Waals surface area contributed by atoms with Crippen LogP contribution in [0.3, 0.4) is 0 Å². The Balaban J connectivity index is 1.87. The first-order valence-corrected chi connectivity index (χ1v) is 10.3. The number of para-hydroxylation sites is 1. The van der Waals surface area contributed by atoms with Crippen LogP contribution in [0.5, 0.6) is 0 Å². The molecule has 0 saturated carbocycles. The fraction of sp³-hybridized carbons (Fsp3) is 0.240. The summed E-state index contributed by atoms with van der Waals surface area (Å²) in [5.74, 6) is -0.627. The predicted molar refractivity (Wildman–Crippen MR) is 125 cm³/mol. The summed E-state index contributed by atoms with van der Waals surface area (Å²) in [6, 6.07) is 15.3. The Bertz CT molecular complexity index is 1200. The van der Waals surface area contributed by atoms with Crippen molar-refractivity contribution in [3.05, 3.63) is 70.9 Å². The fourth-order valence-electron chi connectivity index (χ4n) is 3.57. The van der Waals surface area contributed by atoms with Gasteiger partial charge in [-0.15, -0.1) is 0 Å². The van der Waals surface area contributed by atoms with Crippen LogP contribution in [-0.2, 0) is 20.9 Å². The molecule has 164 valence electrons. The summed E-state index contributed by atoms with van der Waals surface area (Å²) in [5, 5.41) is 16.1. The molecule has 0 saturated heterocycles. The van der Waals surface area contributed by atoms with Crippen LogP contribution in [0.2, 0.25) is 0 Å². The summed E-state index contributed by atoms with van der Waals surface area (Å²) < 4.78 is 6.76. The van der Waals surface area contributed by atoms with Crippen LogP contribution in [0.4, 0.5) is 5.69 Å². The number of hydrogen-bond donors (Lipinski definition) is 2. The van der Waals surface area contributed by atoms with Gasteiger partial charge in [-0.05, 0) is 49.2 Å². The van der Waals surface area contributed by atoms with Crippen molar-refractivity contribution in [2.24, 2.45) is 0 Å². The van der Waals surface area contributed by atoms with Gasteiger partial charge in [0.15, 0.2) is 0 Å². The maximum atomic E-state index is 12.8. The number of methoxy groups -OCH3 is 1. The van der Waals surface area contributed by atoms with Crippen molar-refractivity contribution in [2.45, 2.75) is 20.4 Å². The molecule has 2 N–H and O–H groups in total. The molecule has 0 bridgehead atoms. The summed E-state index contributed by atoms with van der Waals surface area (Å²) >= 11 is 0. The van der Waals surface area contributed by atoms with Crippen LogP contribution in [-0.4, -0.2) is 36.6 Å². The van der Waals surface area contributed by atoms with Gasteiger partial charge in [-0.3, -0.25) is 9.59 Å². The zero-order chi connectivity index (χ0) is 23.1. The van der Waals surface area contributed by atoms with Crippen LogP contribution < -0.4 is 10.6 Å². The summed E-state index contributed by atoms with van der Waals surface area (Å²) in [4.78, 5) is 25.0. The van der Waals surface area contributed by atoms with Gasteiger partial charge in [-0.2, -0.15) is 5.26 Å². The number of anilines is 1. The normalized spacial score (nSPS) is 11.2. The van der Waals surface area contributed by atoms with E-state index in [1.165, 1.54) is 0 Å². The quantitative estimate of drug-likeness (QED) is 0.324. The van der Waals surface area contributed by atoms with E-state index in [4.69, 9.17) is 4.74 Å². The lowest BCUT2D eigenvalue weighted by atomic mass is 10.1. The van der Waals surface area contributed by atoms with Gasteiger partial charge in [0.1, 0.15) is 18.2 Å². The number of ether oxygens (including phenoxy) is 1. The number of carbonyl (C=O) groups excluding carboxylic acids is 2. The molecule has 7 nitrogen and oxygen atoms in total. The molecule has 0 unspecified atom stereocenters. The summed E-state index contributed by atoms with van der Waals surface area (Å²) in [6.07, 6.45) is 3.33. The number of rotatable bonds is 8. The number of carbonyl (C=O) groups is 2. The van der Waals surface area contributed by atoms with Crippen molar-refractivity contribution in [1.29, 1.82) is 5.26 Å². The van der Waals surface area contributed by atoms with E-state index in [1.807, 2.05) is 62.4 Å². The van der Waals surface area contributed by atoms with Crippen molar-refractivity contribution < 1.29 is 14.3 Å². The first-order valence-electron chi connectivity index (χ1n) is 10.3. The number of nitrogens with one attached hydrogen (secondary N) is 2. The number of aryl methyl sites for hydroxylation is 2. The highest BCUT2D eigenvalue weighted by molar-refractivity contribution is 6.10. The van der Waals surface area contributed by atoms with E-state index in [9.17, 15) is 14.9 Å². The van der Waals surface area contributed by atoms with E-state index >= 15 is 0 Å². The van der Waals surface area contributed by atoms with Crippen molar-refractivity contribution in [3.63, 3.8) is 0 Å². The van der Waals surface area contributed by atoms with Crippen molar-refractivity contribution in [2.75, 3.05) is 25.6 Å². The second-order valence-electron chi connectivity index (χ2n) is 7.57. The second kappa shape index (κ2) is 10.4. The minimum absolute atomic E-state index is 0.0170. The third-order valence-electron chi connectivity index (χ3n) is 4.91. The standard InChI is InChI=1S/C25H26N4O3/c1-17-10-18(2)12-21(11-17)28-25(31)19(14-26)13-20-15-29(16-24(30)27-8-9-32-3)23-7-5-4-6-22(20)23/h4-7,10-13,15H,8-9,16H2,1-3H3,(H,27,30)(H,28,31)/b19-13+. The van der Waals surface area contributed by atoms with E-state index in [2.05, 4.69) is 10.6 Å². The average Bonchev–Trinajstić information content (AvgIpc) is 3.08. The molecular weight excluding hydrogens is 404 g/mol. The minimum atomic E-state index is -0.480. The van der Waals surface area contributed by atoms with Crippen LogP contribution in [0.25, 0.3) is 17.0 Å². The highest BCUT2D eigenvalue weighted by atomic mass is 16.5. The molecule has 2 amide bonds. The maximum absolute atomic E-state index is 12.8. The Morgan fingerprint density at radius 2 is 1.88 bits per heavy atom. The van der Waals surface area contributed by atoms with Crippen molar-refractivity contribution >= 4 is 34.5 Å². The Morgan fingerprint density at radius 1 is 1.16 bits per heavy atom. The van der Waals surface area contributed by atoms with Crippen LogP contribution in [0.1, 0.15) is 16.7 Å². The molecule has 32 heavy (non-hydrogen) atoms. The van der Waals surface area contributed by atoms with Crippen molar-refractivity contribution in [3.8, 4) is 6.07 Å². The van der Waals surface area contributed by atoms with Gasteiger partial charge in [-0.25, -0.2) is 0 Å². The van der Waals surface area contributed by atoms with E-state index in [0.717, 1.165) is 22.0 Å². The summed E-state index contributed by atoms with van der Waals surface area (Å²) in [5.41, 5.74) is 4.20. The number of nitrogens with zero attached hydrogens (tertiary/aromatic N) is 2.